The van der Waals surface area contributed by atoms with Crippen LogP contribution in [-0.4, -0.2) is 5.97 Å². The Morgan fingerprint density at radius 2 is 1.56 bits per heavy atom. The molecular weight excluding hydrogens is 334 g/mol. The van der Waals surface area contributed by atoms with E-state index in [0.717, 1.165) is 16.8 Å². The number of hydrogen-bond acceptors (Lipinski definition) is 3. The van der Waals surface area contributed by atoms with Gasteiger partial charge in [0.1, 0.15) is 0 Å². The second-order valence-electron chi connectivity index (χ2n) is 5.93. The highest BCUT2D eigenvalue weighted by Gasteiger charge is 2.35. The number of cyclic esters (lactones) is 1. The van der Waals surface area contributed by atoms with Crippen molar-refractivity contribution in [3.8, 4) is 0 Å². The molecule has 1 atom stereocenters. The number of anilines is 1. The molecular formula is C21H16ClNO2. The zero-order valence-electron chi connectivity index (χ0n) is 13.4. The molecule has 0 saturated carbocycles. The van der Waals surface area contributed by atoms with Crippen LogP contribution in [-0.2, 0) is 11.3 Å². The van der Waals surface area contributed by atoms with Gasteiger partial charge in [0.05, 0.1) is 5.56 Å². The summed E-state index contributed by atoms with van der Waals surface area (Å²) in [7, 11) is 0. The number of fused-ring (bicyclic) bond motifs is 1. The van der Waals surface area contributed by atoms with Crippen LogP contribution in [0.4, 0.5) is 5.69 Å². The second kappa shape index (κ2) is 6.61. The zero-order chi connectivity index (χ0) is 17.2. The van der Waals surface area contributed by atoms with E-state index in [4.69, 9.17) is 16.3 Å². The van der Waals surface area contributed by atoms with E-state index in [1.54, 1.807) is 0 Å². The van der Waals surface area contributed by atoms with Gasteiger partial charge in [0.15, 0.2) is 0 Å². The van der Waals surface area contributed by atoms with Gasteiger partial charge in [-0.05, 0) is 35.9 Å². The maximum atomic E-state index is 12.2. The predicted molar refractivity (Wildman–Crippen MR) is 98.7 cm³/mol. The van der Waals surface area contributed by atoms with Gasteiger partial charge in [0, 0.05) is 22.8 Å². The first-order valence-corrected chi connectivity index (χ1v) is 8.46. The van der Waals surface area contributed by atoms with E-state index in [9.17, 15) is 4.79 Å². The van der Waals surface area contributed by atoms with Crippen LogP contribution in [0.3, 0.4) is 0 Å². The Bertz CT molecular complexity index is 893. The Kier molecular flexibility index (Phi) is 4.16. The molecule has 1 aliphatic rings. The Balaban J connectivity index is 1.74. The van der Waals surface area contributed by atoms with Gasteiger partial charge in [0.2, 0.25) is 6.23 Å². The minimum Gasteiger partial charge on any atom is -0.434 e. The molecule has 0 spiro atoms. The van der Waals surface area contributed by atoms with Gasteiger partial charge in [-0.3, -0.25) is 0 Å². The number of ether oxygens (including phenoxy) is 1. The number of carbonyl (C=O) groups is 1. The molecule has 4 rings (SSSR count). The Morgan fingerprint density at radius 1 is 0.880 bits per heavy atom. The van der Waals surface area contributed by atoms with Crippen molar-refractivity contribution >= 4 is 23.3 Å². The summed E-state index contributed by atoms with van der Waals surface area (Å²) in [5.41, 5.74) is 3.61. The van der Waals surface area contributed by atoms with E-state index < -0.39 is 6.23 Å². The van der Waals surface area contributed by atoms with E-state index in [0.29, 0.717) is 17.1 Å². The predicted octanol–water partition coefficient (Wildman–Crippen LogP) is 5.22. The molecule has 3 aromatic carbocycles. The smallest absolute Gasteiger partial charge is 0.340 e. The van der Waals surface area contributed by atoms with Gasteiger partial charge in [-0.15, -0.1) is 0 Å². The van der Waals surface area contributed by atoms with Crippen LogP contribution in [0.2, 0.25) is 5.02 Å². The highest BCUT2D eigenvalue weighted by atomic mass is 35.5. The molecule has 25 heavy (non-hydrogen) atoms. The molecule has 0 amide bonds. The monoisotopic (exact) mass is 349 g/mol. The lowest BCUT2D eigenvalue weighted by Gasteiger charge is -2.30. The highest BCUT2D eigenvalue weighted by Crippen LogP contribution is 2.37. The number of halogens is 1. The van der Waals surface area contributed by atoms with E-state index in [1.165, 1.54) is 0 Å². The molecule has 0 aliphatic carbocycles. The second-order valence-corrected chi connectivity index (χ2v) is 6.37. The average molecular weight is 350 g/mol. The third-order valence-corrected chi connectivity index (χ3v) is 4.55. The number of esters is 1. The van der Waals surface area contributed by atoms with Crippen molar-refractivity contribution in [1.29, 1.82) is 0 Å². The first-order valence-electron chi connectivity index (χ1n) is 8.08. The maximum absolute atomic E-state index is 12.2. The fourth-order valence-electron chi connectivity index (χ4n) is 3.07. The number of para-hydroxylation sites is 1. The first kappa shape index (κ1) is 15.7. The molecule has 1 aliphatic heterocycles. The van der Waals surface area contributed by atoms with Crippen molar-refractivity contribution in [2.75, 3.05) is 4.90 Å². The quantitative estimate of drug-likeness (QED) is 0.605. The van der Waals surface area contributed by atoms with Crippen LogP contribution in [0, 0.1) is 0 Å². The summed E-state index contributed by atoms with van der Waals surface area (Å²) in [5.74, 6) is -0.280. The topological polar surface area (TPSA) is 29.5 Å². The average Bonchev–Trinajstić information content (AvgIpc) is 2.99. The van der Waals surface area contributed by atoms with Gasteiger partial charge in [-0.2, -0.15) is 0 Å². The van der Waals surface area contributed by atoms with Gasteiger partial charge in [-0.1, -0.05) is 60.1 Å². The fourth-order valence-corrected chi connectivity index (χ4v) is 3.20. The summed E-state index contributed by atoms with van der Waals surface area (Å²) in [5, 5.41) is 0.702. The van der Waals surface area contributed by atoms with Crippen LogP contribution in [0.15, 0.2) is 78.9 Å². The lowest BCUT2D eigenvalue weighted by Crippen LogP contribution is -2.28. The molecule has 124 valence electrons. The Morgan fingerprint density at radius 3 is 2.32 bits per heavy atom. The van der Waals surface area contributed by atoms with Crippen molar-refractivity contribution in [3.63, 3.8) is 0 Å². The summed E-state index contributed by atoms with van der Waals surface area (Å²) in [6.07, 6.45) is -0.443. The molecule has 0 saturated heterocycles. The number of carbonyl (C=O) groups excluding carboxylic acids is 1. The SMILES string of the molecule is O=C1OC(N(Cc2ccc(Cl)cc2)c2ccccc2)c2ccccc21. The summed E-state index contributed by atoms with van der Waals surface area (Å²) in [6.45, 7) is 0.605. The minimum absolute atomic E-state index is 0.280. The summed E-state index contributed by atoms with van der Waals surface area (Å²) in [4.78, 5) is 14.3. The number of benzene rings is 3. The van der Waals surface area contributed by atoms with Gasteiger partial charge in [0.25, 0.3) is 0 Å². The summed E-state index contributed by atoms with van der Waals surface area (Å²) < 4.78 is 5.71. The van der Waals surface area contributed by atoms with Crippen LogP contribution in [0.25, 0.3) is 0 Å². The van der Waals surface area contributed by atoms with Crippen LogP contribution in [0.5, 0.6) is 0 Å². The molecule has 1 unspecified atom stereocenters. The van der Waals surface area contributed by atoms with E-state index in [1.807, 2.05) is 78.9 Å². The van der Waals surface area contributed by atoms with Crippen LogP contribution < -0.4 is 4.90 Å². The van der Waals surface area contributed by atoms with Crippen LogP contribution in [0.1, 0.15) is 27.7 Å². The third-order valence-electron chi connectivity index (χ3n) is 4.30. The zero-order valence-corrected chi connectivity index (χ0v) is 14.2. The minimum atomic E-state index is -0.443. The third kappa shape index (κ3) is 3.11. The molecule has 3 aromatic rings. The maximum Gasteiger partial charge on any atom is 0.340 e. The van der Waals surface area contributed by atoms with Gasteiger partial charge < -0.3 is 9.64 Å². The molecule has 0 bridgehead atoms. The van der Waals surface area contributed by atoms with Gasteiger partial charge >= 0.3 is 5.97 Å². The largest absolute Gasteiger partial charge is 0.434 e. The van der Waals surface area contributed by atoms with E-state index >= 15 is 0 Å². The van der Waals surface area contributed by atoms with Crippen molar-refractivity contribution in [3.05, 3.63) is 101 Å². The van der Waals surface area contributed by atoms with Crippen molar-refractivity contribution < 1.29 is 9.53 Å². The Labute approximate surface area is 151 Å². The molecule has 1 heterocycles. The van der Waals surface area contributed by atoms with Gasteiger partial charge in [-0.25, -0.2) is 4.79 Å². The molecule has 3 nitrogen and oxygen atoms in total. The number of nitrogens with zero attached hydrogens (tertiary/aromatic N) is 1. The van der Waals surface area contributed by atoms with E-state index in [-0.39, 0.29) is 5.97 Å². The lowest BCUT2D eigenvalue weighted by molar-refractivity contribution is 0.0374. The Hall–Kier alpha value is -2.78. The lowest BCUT2D eigenvalue weighted by atomic mass is 10.1. The molecule has 0 radical (unpaired) electrons. The highest BCUT2D eigenvalue weighted by molar-refractivity contribution is 6.30. The van der Waals surface area contributed by atoms with Crippen molar-refractivity contribution in [2.24, 2.45) is 0 Å². The molecule has 0 fully saturated rings. The standard InChI is InChI=1S/C21H16ClNO2/c22-16-12-10-15(11-13-16)14-23(17-6-2-1-3-7-17)20-18-8-4-5-9-19(18)21(24)25-20/h1-13,20H,14H2. The fraction of sp³-hybridized carbons (Fsp3) is 0.0952. The first-order chi connectivity index (χ1) is 12.2. The number of hydrogen-bond donors (Lipinski definition) is 0. The van der Waals surface area contributed by atoms with Crippen molar-refractivity contribution in [1.82, 2.24) is 0 Å². The summed E-state index contributed by atoms with van der Waals surface area (Å²) >= 11 is 6.00. The normalized spacial score (nSPS) is 15.6. The molecule has 0 N–H and O–H groups in total. The van der Waals surface area contributed by atoms with Crippen LogP contribution >= 0.6 is 11.6 Å². The van der Waals surface area contributed by atoms with Crippen molar-refractivity contribution in [2.45, 2.75) is 12.8 Å². The summed E-state index contributed by atoms with van der Waals surface area (Å²) in [6, 6.07) is 25.2. The number of rotatable bonds is 4. The van der Waals surface area contributed by atoms with E-state index in [2.05, 4.69) is 4.90 Å². The molecule has 4 heteroatoms. The molecule has 0 aromatic heterocycles.